The summed E-state index contributed by atoms with van der Waals surface area (Å²) in [6.45, 7) is 2.73. The first-order valence-corrected chi connectivity index (χ1v) is 7.17. The van der Waals surface area contributed by atoms with Crippen LogP contribution in [0.15, 0.2) is 18.2 Å². The summed E-state index contributed by atoms with van der Waals surface area (Å²) in [5, 5.41) is 11.0. The van der Waals surface area contributed by atoms with Crippen molar-refractivity contribution in [2.45, 2.75) is 51.0 Å². The molecule has 0 spiro atoms. The van der Waals surface area contributed by atoms with Gasteiger partial charge in [-0.15, -0.1) is 0 Å². The second-order valence-corrected chi connectivity index (χ2v) is 5.87. The van der Waals surface area contributed by atoms with E-state index in [-0.39, 0.29) is 0 Å². The number of para-hydroxylation sites is 1. The summed E-state index contributed by atoms with van der Waals surface area (Å²) < 4.78 is 5.75. The standard InChI is InChI=1S/C16H22O2/c1-16(17,13-7-3-2-4-8-13)14-9-5-6-12-10-11-18-15(12)14/h5-6,9,13,17H,2-4,7-8,10-11H2,1H3. The fourth-order valence-corrected chi connectivity index (χ4v) is 3.50. The predicted octanol–water partition coefficient (Wildman–Crippen LogP) is 3.41. The van der Waals surface area contributed by atoms with E-state index in [1.54, 1.807) is 0 Å². The molecular formula is C16H22O2. The second-order valence-electron chi connectivity index (χ2n) is 5.87. The van der Waals surface area contributed by atoms with Crippen molar-refractivity contribution in [1.82, 2.24) is 0 Å². The van der Waals surface area contributed by atoms with Crippen LogP contribution in [0.5, 0.6) is 5.75 Å². The van der Waals surface area contributed by atoms with Crippen LogP contribution in [-0.2, 0) is 12.0 Å². The van der Waals surface area contributed by atoms with E-state index in [1.807, 2.05) is 13.0 Å². The molecule has 1 aliphatic heterocycles. The maximum Gasteiger partial charge on any atom is 0.128 e. The first-order valence-electron chi connectivity index (χ1n) is 7.17. The monoisotopic (exact) mass is 246 g/mol. The van der Waals surface area contributed by atoms with Crippen LogP contribution in [0.4, 0.5) is 0 Å². The van der Waals surface area contributed by atoms with Crippen LogP contribution >= 0.6 is 0 Å². The van der Waals surface area contributed by atoms with Crippen molar-refractivity contribution in [1.29, 1.82) is 0 Å². The Bertz CT molecular complexity index is 431. The molecule has 1 unspecified atom stereocenters. The first-order chi connectivity index (χ1) is 8.69. The molecule has 2 heteroatoms. The molecule has 1 aromatic carbocycles. The molecule has 0 saturated heterocycles. The van der Waals surface area contributed by atoms with E-state index in [0.29, 0.717) is 5.92 Å². The van der Waals surface area contributed by atoms with Gasteiger partial charge in [0.25, 0.3) is 0 Å². The van der Waals surface area contributed by atoms with Crippen molar-refractivity contribution in [3.63, 3.8) is 0 Å². The summed E-state index contributed by atoms with van der Waals surface area (Å²) >= 11 is 0. The maximum absolute atomic E-state index is 11.0. The van der Waals surface area contributed by atoms with Gasteiger partial charge in [0.05, 0.1) is 12.2 Å². The van der Waals surface area contributed by atoms with E-state index in [9.17, 15) is 5.11 Å². The lowest BCUT2D eigenvalue weighted by atomic mass is 9.74. The zero-order valence-electron chi connectivity index (χ0n) is 11.1. The van der Waals surface area contributed by atoms with Gasteiger partial charge in [0.15, 0.2) is 0 Å². The lowest BCUT2D eigenvalue weighted by Gasteiger charge is -2.36. The molecule has 0 bridgehead atoms. The van der Waals surface area contributed by atoms with E-state index in [4.69, 9.17) is 4.74 Å². The van der Waals surface area contributed by atoms with Crippen molar-refractivity contribution in [2.75, 3.05) is 6.61 Å². The molecule has 3 rings (SSSR count). The normalized spacial score (nSPS) is 23.2. The molecule has 1 fully saturated rings. The Morgan fingerprint density at radius 1 is 1.22 bits per heavy atom. The lowest BCUT2D eigenvalue weighted by Crippen LogP contribution is -2.33. The smallest absolute Gasteiger partial charge is 0.128 e. The average Bonchev–Trinajstić information content (AvgIpc) is 2.87. The molecule has 1 saturated carbocycles. The van der Waals surface area contributed by atoms with Gasteiger partial charge in [-0.05, 0) is 31.2 Å². The second kappa shape index (κ2) is 4.58. The Hall–Kier alpha value is -1.02. The van der Waals surface area contributed by atoms with Gasteiger partial charge in [-0.3, -0.25) is 0 Å². The van der Waals surface area contributed by atoms with Gasteiger partial charge in [0, 0.05) is 12.0 Å². The molecule has 2 nitrogen and oxygen atoms in total. The molecule has 1 atom stereocenters. The highest BCUT2D eigenvalue weighted by Crippen LogP contribution is 2.44. The van der Waals surface area contributed by atoms with Crippen LogP contribution in [0.3, 0.4) is 0 Å². The van der Waals surface area contributed by atoms with E-state index in [2.05, 4.69) is 12.1 Å². The van der Waals surface area contributed by atoms with Gasteiger partial charge in [-0.2, -0.15) is 0 Å². The van der Waals surface area contributed by atoms with E-state index in [0.717, 1.165) is 37.2 Å². The largest absolute Gasteiger partial charge is 0.493 e. The summed E-state index contributed by atoms with van der Waals surface area (Å²) in [6.07, 6.45) is 7.06. The van der Waals surface area contributed by atoms with Crippen LogP contribution in [0.25, 0.3) is 0 Å². The van der Waals surface area contributed by atoms with Crippen LogP contribution in [-0.4, -0.2) is 11.7 Å². The predicted molar refractivity (Wildman–Crippen MR) is 71.8 cm³/mol. The molecule has 1 heterocycles. The Morgan fingerprint density at radius 3 is 2.78 bits per heavy atom. The molecular weight excluding hydrogens is 224 g/mol. The Balaban J connectivity index is 1.95. The molecule has 1 aromatic rings. The number of ether oxygens (including phenoxy) is 1. The maximum atomic E-state index is 11.0. The van der Waals surface area contributed by atoms with Crippen molar-refractivity contribution in [3.8, 4) is 5.75 Å². The number of fused-ring (bicyclic) bond motifs is 1. The minimum atomic E-state index is -0.740. The molecule has 18 heavy (non-hydrogen) atoms. The highest BCUT2D eigenvalue weighted by molar-refractivity contribution is 5.47. The van der Waals surface area contributed by atoms with E-state index < -0.39 is 5.60 Å². The topological polar surface area (TPSA) is 29.5 Å². The molecule has 0 amide bonds. The highest BCUT2D eigenvalue weighted by Gasteiger charge is 2.37. The van der Waals surface area contributed by atoms with Gasteiger partial charge in [0.1, 0.15) is 5.75 Å². The van der Waals surface area contributed by atoms with Gasteiger partial charge < -0.3 is 9.84 Å². The van der Waals surface area contributed by atoms with Crippen LogP contribution in [0.2, 0.25) is 0 Å². The Morgan fingerprint density at radius 2 is 2.00 bits per heavy atom. The number of rotatable bonds is 2. The molecule has 0 radical (unpaired) electrons. The van der Waals surface area contributed by atoms with Crippen LogP contribution < -0.4 is 4.74 Å². The third kappa shape index (κ3) is 1.93. The number of hydrogen-bond acceptors (Lipinski definition) is 2. The van der Waals surface area contributed by atoms with Crippen LogP contribution in [0, 0.1) is 5.92 Å². The quantitative estimate of drug-likeness (QED) is 0.866. The fourth-order valence-electron chi connectivity index (χ4n) is 3.50. The zero-order valence-corrected chi connectivity index (χ0v) is 11.1. The molecule has 1 N–H and O–H groups in total. The molecule has 0 aromatic heterocycles. The summed E-state index contributed by atoms with van der Waals surface area (Å²) in [6, 6.07) is 6.21. The highest BCUT2D eigenvalue weighted by atomic mass is 16.5. The third-order valence-electron chi connectivity index (χ3n) is 4.66. The SMILES string of the molecule is CC(O)(c1cccc2c1OCC2)C1CCCCC1. The van der Waals surface area contributed by atoms with Gasteiger partial charge in [0.2, 0.25) is 0 Å². The summed E-state index contributed by atoms with van der Waals surface area (Å²) in [7, 11) is 0. The average molecular weight is 246 g/mol. The first kappa shape index (κ1) is 12.0. The minimum Gasteiger partial charge on any atom is -0.493 e. The van der Waals surface area contributed by atoms with E-state index in [1.165, 1.54) is 24.8 Å². The third-order valence-corrected chi connectivity index (χ3v) is 4.66. The fraction of sp³-hybridized carbons (Fsp3) is 0.625. The van der Waals surface area contributed by atoms with Gasteiger partial charge in [-0.25, -0.2) is 0 Å². The number of hydrogen-bond donors (Lipinski definition) is 1. The summed E-state index contributed by atoms with van der Waals surface area (Å²) in [4.78, 5) is 0. The summed E-state index contributed by atoms with van der Waals surface area (Å²) in [5.41, 5.74) is 1.52. The Labute approximate surface area is 109 Å². The minimum absolute atomic E-state index is 0.377. The lowest BCUT2D eigenvalue weighted by molar-refractivity contribution is -0.0232. The van der Waals surface area contributed by atoms with Gasteiger partial charge >= 0.3 is 0 Å². The Kier molecular flexibility index (Phi) is 3.06. The van der Waals surface area contributed by atoms with Crippen molar-refractivity contribution in [3.05, 3.63) is 29.3 Å². The summed E-state index contributed by atoms with van der Waals surface area (Å²) in [5.74, 6) is 1.33. The van der Waals surface area contributed by atoms with Gasteiger partial charge in [-0.1, -0.05) is 37.5 Å². The van der Waals surface area contributed by atoms with Crippen LogP contribution in [0.1, 0.15) is 50.2 Å². The molecule has 98 valence electrons. The number of benzene rings is 1. The number of aliphatic hydroxyl groups is 1. The zero-order chi connectivity index (χ0) is 12.6. The molecule has 1 aliphatic carbocycles. The molecule has 2 aliphatic rings. The van der Waals surface area contributed by atoms with Crippen molar-refractivity contribution >= 4 is 0 Å². The van der Waals surface area contributed by atoms with E-state index >= 15 is 0 Å². The van der Waals surface area contributed by atoms with Crippen molar-refractivity contribution in [2.24, 2.45) is 5.92 Å². The van der Waals surface area contributed by atoms with Crippen molar-refractivity contribution < 1.29 is 9.84 Å².